The second-order valence-corrected chi connectivity index (χ2v) is 8.04. The molecule has 1 aliphatic heterocycles. The normalized spacial score (nSPS) is 14.9. The number of fused-ring (bicyclic) bond motifs is 1. The maximum Gasteiger partial charge on any atom is 0.337 e. The summed E-state index contributed by atoms with van der Waals surface area (Å²) < 4.78 is 17.0. The van der Waals surface area contributed by atoms with E-state index in [4.69, 9.17) is 14.2 Å². The topological polar surface area (TPSA) is 65.0 Å². The molecule has 0 saturated heterocycles. The fraction of sp³-hybridized carbons (Fsp3) is 0.435. The molecule has 0 spiro atoms. The van der Waals surface area contributed by atoms with Crippen molar-refractivity contribution in [2.75, 3.05) is 13.7 Å². The summed E-state index contributed by atoms with van der Waals surface area (Å²) in [5.74, 6) is -0.103. The monoisotopic (exact) mass is 384 g/mol. The van der Waals surface area contributed by atoms with Crippen LogP contribution in [0.3, 0.4) is 0 Å². The maximum atomic E-state index is 12.1. The van der Waals surface area contributed by atoms with Gasteiger partial charge in [0.2, 0.25) is 0 Å². The number of rotatable bonds is 6. The van der Waals surface area contributed by atoms with E-state index in [1.54, 1.807) is 7.11 Å². The molecule has 3 rings (SSSR count). The second-order valence-electron chi connectivity index (χ2n) is 8.04. The van der Waals surface area contributed by atoms with Gasteiger partial charge in [-0.05, 0) is 68.0 Å². The van der Waals surface area contributed by atoms with E-state index >= 15 is 0 Å². The molecule has 0 radical (unpaired) electrons. The third kappa shape index (κ3) is 4.54. The van der Waals surface area contributed by atoms with Crippen molar-refractivity contribution in [3.63, 3.8) is 0 Å². The first-order chi connectivity index (χ1) is 13.3. The SMILES string of the molecule is COCc1cccc(C(OC(C)(C)C)C(=O)O)c1-c1ccc2c(c1)CCCO2. The maximum absolute atomic E-state index is 12.1. The highest BCUT2D eigenvalue weighted by Gasteiger charge is 2.30. The zero-order valence-electron chi connectivity index (χ0n) is 17.0. The Balaban J connectivity index is 2.16. The van der Waals surface area contributed by atoms with Crippen LogP contribution in [0.2, 0.25) is 0 Å². The van der Waals surface area contributed by atoms with Crippen LogP contribution in [-0.2, 0) is 27.3 Å². The lowest BCUT2D eigenvalue weighted by Crippen LogP contribution is -2.27. The number of carbonyl (C=O) groups is 1. The molecule has 5 nitrogen and oxygen atoms in total. The summed E-state index contributed by atoms with van der Waals surface area (Å²) in [6, 6.07) is 11.7. The standard InChI is InChI=1S/C23H28O5/c1-23(2,3)28-21(22(24)25)18-9-5-7-17(14-26-4)20(18)16-10-11-19-15(13-16)8-6-12-27-19/h5,7,9-11,13,21H,6,8,12,14H2,1-4H3,(H,24,25). The minimum absolute atomic E-state index is 0.388. The third-order valence-corrected chi connectivity index (χ3v) is 4.66. The van der Waals surface area contributed by atoms with E-state index in [9.17, 15) is 9.90 Å². The van der Waals surface area contributed by atoms with E-state index in [1.165, 1.54) is 0 Å². The van der Waals surface area contributed by atoms with Crippen LogP contribution in [0.4, 0.5) is 0 Å². The summed E-state index contributed by atoms with van der Waals surface area (Å²) in [5.41, 5.74) is 3.92. The Morgan fingerprint density at radius 3 is 2.71 bits per heavy atom. The van der Waals surface area contributed by atoms with Crippen LogP contribution in [0, 0.1) is 0 Å². The Hall–Kier alpha value is -2.37. The molecule has 1 atom stereocenters. The predicted molar refractivity (Wildman–Crippen MR) is 108 cm³/mol. The van der Waals surface area contributed by atoms with Crippen molar-refractivity contribution in [2.45, 2.75) is 51.9 Å². The molecule has 28 heavy (non-hydrogen) atoms. The minimum atomic E-state index is -1.07. The van der Waals surface area contributed by atoms with Crippen LogP contribution in [0.5, 0.6) is 5.75 Å². The van der Waals surface area contributed by atoms with Crippen molar-refractivity contribution in [3.8, 4) is 16.9 Å². The van der Waals surface area contributed by atoms with Crippen LogP contribution in [0.15, 0.2) is 36.4 Å². The van der Waals surface area contributed by atoms with E-state index < -0.39 is 17.7 Å². The summed E-state index contributed by atoms with van der Waals surface area (Å²) in [5, 5.41) is 9.90. The summed E-state index contributed by atoms with van der Waals surface area (Å²) >= 11 is 0. The summed E-state index contributed by atoms with van der Waals surface area (Å²) in [7, 11) is 1.64. The van der Waals surface area contributed by atoms with Crippen LogP contribution in [-0.4, -0.2) is 30.4 Å². The number of aliphatic carboxylic acids is 1. The zero-order chi connectivity index (χ0) is 20.3. The summed E-state index contributed by atoms with van der Waals surface area (Å²) in [6.45, 7) is 6.70. The molecule has 1 heterocycles. The quantitative estimate of drug-likeness (QED) is 0.777. The first-order valence-corrected chi connectivity index (χ1v) is 9.57. The average Bonchev–Trinajstić information content (AvgIpc) is 2.65. The first kappa shape index (κ1) is 20.4. The van der Waals surface area contributed by atoms with Gasteiger partial charge in [-0.3, -0.25) is 0 Å². The van der Waals surface area contributed by atoms with Gasteiger partial charge in [-0.1, -0.05) is 24.3 Å². The van der Waals surface area contributed by atoms with Gasteiger partial charge < -0.3 is 19.3 Å². The fourth-order valence-electron chi connectivity index (χ4n) is 3.58. The van der Waals surface area contributed by atoms with Gasteiger partial charge in [0.05, 0.1) is 18.8 Å². The molecule has 0 fully saturated rings. The Morgan fingerprint density at radius 1 is 1.25 bits per heavy atom. The molecule has 0 aliphatic carbocycles. The molecule has 1 unspecified atom stereocenters. The van der Waals surface area contributed by atoms with Crippen LogP contribution >= 0.6 is 0 Å². The molecule has 150 valence electrons. The molecule has 0 saturated carbocycles. The Morgan fingerprint density at radius 2 is 2.04 bits per heavy atom. The molecule has 0 amide bonds. The van der Waals surface area contributed by atoms with Crippen molar-refractivity contribution in [3.05, 3.63) is 53.1 Å². The Kier molecular flexibility index (Phi) is 6.06. The van der Waals surface area contributed by atoms with Crippen molar-refractivity contribution in [1.29, 1.82) is 0 Å². The number of hydrogen-bond acceptors (Lipinski definition) is 4. The molecule has 0 aromatic heterocycles. The summed E-state index contributed by atoms with van der Waals surface area (Å²) in [6.07, 6.45) is 0.860. The molecule has 0 bridgehead atoms. The Labute approximate surface area is 166 Å². The van der Waals surface area contributed by atoms with Crippen molar-refractivity contribution >= 4 is 5.97 Å². The Bertz CT molecular complexity index is 851. The fourth-order valence-corrected chi connectivity index (χ4v) is 3.58. The van der Waals surface area contributed by atoms with Crippen LogP contribution in [0.25, 0.3) is 11.1 Å². The first-order valence-electron chi connectivity index (χ1n) is 9.57. The van der Waals surface area contributed by atoms with E-state index in [1.807, 2.05) is 51.1 Å². The van der Waals surface area contributed by atoms with Crippen molar-refractivity contribution in [2.24, 2.45) is 0 Å². The molecule has 2 aromatic carbocycles. The van der Waals surface area contributed by atoms with Crippen molar-refractivity contribution in [1.82, 2.24) is 0 Å². The van der Waals surface area contributed by atoms with Gasteiger partial charge in [0.15, 0.2) is 6.10 Å². The molecular formula is C23H28O5. The molecule has 1 aliphatic rings. The average molecular weight is 384 g/mol. The number of carboxylic acid groups (broad SMARTS) is 1. The van der Waals surface area contributed by atoms with E-state index in [0.29, 0.717) is 12.2 Å². The number of carboxylic acids is 1. The van der Waals surface area contributed by atoms with Crippen LogP contribution in [0.1, 0.15) is 50.0 Å². The molecular weight excluding hydrogens is 356 g/mol. The van der Waals surface area contributed by atoms with E-state index in [2.05, 4.69) is 6.07 Å². The minimum Gasteiger partial charge on any atom is -0.493 e. The van der Waals surface area contributed by atoms with Gasteiger partial charge in [-0.2, -0.15) is 0 Å². The van der Waals surface area contributed by atoms with E-state index in [-0.39, 0.29) is 0 Å². The summed E-state index contributed by atoms with van der Waals surface area (Å²) in [4.78, 5) is 12.1. The number of aryl methyl sites for hydroxylation is 1. The second kappa shape index (κ2) is 8.33. The number of methoxy groups -OCH3 is 1. The number of hydrogen-bond donors (Lipinski definition) is 1. The highest BCUT2D eigenvalue weighted by molar-refractivity contribution is 5.81. The van der Waals surface area contributed by atoms with Gasteiger partial charge >= 0.3 is 5.97 Å². The molecule has 5 heteroatoms. The largest absolute Gasteiger partial charge is 0.493 e. The van der Waals surface area contributed by atoms with Crippen molar-refractivity contribution < 1.29 is 24.1 Å². The molecule has 2 aromatic rings. The van der Waals surface area contributed by atoms with E-state index in [0.717, 1.165) is 47.5 Å². The molecule has 1 N–H and O–H groups in total. The van der Waals surface area contributed by atoms with Gasteiger partial charge in [0, 0.05) is 12.7 Å². The van der Waals surface area contributed by atoms with Gasteiger partial charge in [-0.25, -0.2) is 4.79 Å². The van der Waals surface area contributed by atoms with Crippen LogP contribution < -0.4 is 4.74 Å². The lowest BCUT2D eigenvalue weighted by molar-refractivity contribution is -0.160. The lowest BCUT2D eigenvalue weighted by Gasteiger charge is -2.28. The highest BCUT2D eigenvalue weighted by atomic mass is 16.5. The third-order valence-electron chi connectivity index (χ3n) is 4.66. The van der Waals surface area contributed by atoms with Gasteiger partial charge in [0.25, 0.3) is 0 Å². The van der Waals surface area contributed by atoms with Gasteiger partial charge in [-0.15, -0.1) is 0 Å². The smallest absolute Gasteiger partial charge is 0.337 e. The zero-order valence-corrected chi connectivity index (χ0v) is 17.0. The lowest BCUT2D eigenvalue weighted by atomic mass is 9.89. The number of ether oxygens (including phenoxy) is 3. The van der Waals surface area contributed by atoms with Gasteiger partial charge in [0.1, 0.15) is 5.75 Å². The number of benzene rings is 2. The predicted octanol–water partition coefficient (Wildman–Crippen LogP) is 4.77. The highest BCUT2D eigenvalue weighted by Crippen LogP contribution is 2.38.